The topological polar surface area (TPSA) is 376 Å². The fraction of sp³-hybridized carbons (Fsp3) is 0.663. The predicted molar refractivity (Wildman–Crippen MR) is 556 cm³/mol. The number of carbonyl (C=O) groups is 8. The Morgan fingerprint density at radius 2 is 0.817 bits per heavy atom. The van der Waals surface area contributed by atoms with Gasteiger partial charge in [-0.05, 0) is 224 Å². The number of nitrogens with one attached hydrogen (secondary N) is 1. The number of methoxy groups -OCH3 is 3. The van der Waals surface area contributed by atoms with Crippen LogP contribution >= 0.6 is 47.2 Å². The SMILES string of the molecule is C=CCCC[C@@H]1C[C@H]1OC(=O)C[C@H](C(=O)N1C[C@H](Oc2nc3cc(OC)ccc3nc2Cl)[C@@H](CCC)[C@H]1C(=O)OC(C)(C)C)C(C)(C)C.CCC[C@@H]1C(O)CN(C(=O)OC(C)(C)C)[C@@H]1C(=O)OC(C)(C)C.CCC[C@@H]1[C@@H](Oc2nc3cc(OC)ccc3nc2Cl)CN(C(=O)OC(C)(C)C)[C@@H]1C(=O)OC(C)(C)C.CCC[C@@H]1[C@@H](Oc2nc3cc(OC)ccc3nc2Cl)CN[C@@H]1C(=O)OC(C)(C)C.Cl.[B][B]B([B])[B]. The minimum absolute atomic E-state index is 0. The number of carbonyl (C=O) groups excluding carboxylic acids is 8. The molecular weight excluding hydrogens is 1900 g/mol. The van der Waals surface area contributed by atoms with Gasteiger partial charge in [-0.1, -0.05) is 115 Å². The molecule has 142 heavy (non-hydrogen) atoms. The average Bonchev–Trinajstić information content (AvgIpc) is 1.63. The van der Waals surface area contributed by atoms with Gasteiger partial charge in [-0.2, -0.15) is 0 Å². The Morgan fingerprint density at radius 1 is 0.479 bits per heavy atom. The van der Waals surface area contributed by atoms with E-state index >= 15 is 0 Å². The van der Waals surface area contributed by atoms with Crippen LogP contribution in [0.2, 0.25) is 15.5 Å². The van der Waals surface area contributed by atoms with Gasteiger partial charge in [0, 0.05) is 85.1 Å². The van der Waals surface area contributed by atoms with Crippen LogP contribution in [0, 0.1) is 40.9 Å². The monoisotopic (exact) mass is 2050 g/mol. The number of hydrogen-bond donors (Lipinski definition) is 2. The van der Waals surface area contributed by atoms with Crippen molar-refractivity contribution in [2.24, 2.45) is 40.9 Å². The summed E-state index contributed by atoms with van der Waals surface area (Å²) in [6.07, 6.45) is 7.43. The lowest BCUT2D eigenvalue weighted by atomic mass is 8.97. The van der Waals surface area contributed by atoms with Crippen molar-refractivity contribution in [1.29, 1.82) is 0 Å². The molecule has 5 aliphatic rings. The summed E-state index contributed by atoms with van der Waals surface area (Å²) < 4.78 is 74.2. The average molecular weight is 2050 g/mol. The van der Waals surface area contributed by atoms with E-state index in [1.165, 1.54) is 16.9 Å². The van der Waals surface area contributed by atoms with Gasteiger partial charge in [0.05, 0.1) is 92.5 Å². The van der Waals surface area contributed by atoms with E-state index in [0.717, 1.165) is 57.8 Å². The third-order valence-electron chi connectivity index (χ3n) is 23.1. The zero-order valence-corrected chi connectivity index (χ0v) is 91.2. The van der Waals surface area contributed by atoms with Gasteiger partial charge in [0.1, 0.15) is 99.4 Å². The highest BCUT2D eigenvalue weighted by atomic mass is 35.5. The molecule has 4 aliphatic heterocycles. The summed E-state index contributed by atoms with van der Waals surface area (Å²) >= 11 is 19.3. The minimum atomic E-state index is -0.937. The van der Waals surface area contributed by atoms with E-state index in [-0.39, 0.29) is 113 Å². The van der Waals surface area contributed by atoms with Crippen LogP contribution in [-0.2, 0) is 61.9 Å². The number of hydrogen-bond acceptors (Lipinski definition) is 29. The Balaban J connectivity index is 0.000000294. The van der Waals surface area contributed by atoms with Crippen LogP contribution in [0.3, 0.4) is 0 Å². The molecule has 0 spiro atoms. The zero-order chi connectivity index (χ0) is 106. The van der Waals surface area contributed by atoms with Gasteiger partial charge < -0.3 is 76.9 Å². The Hall–Kier alpha value is -9.02. The third kappa shape index (κ3) is 36.6. The van der Waals surface area contributed by atoms with Crippen molar-refractivity contribution in [3.05, 3.63) is 82.7 Å². The van der Waals surface area contributed by atoms with E-state index < -0.39 is 136 Å². The van der Waals surface area contributed by atoms with Crippen molar-refractivity contribution in [2.75, 3.05) is 47.5 Å². The Kier molecular flexibility index (Phi) is 45.3. The van der Waals surface area contributed by atoms with E-state index in [2.05, 4.69) is 48.7 Å². The van der Waals surface area contributed by atoms with Crippen LogP contribution in [0.4, 0.5) is 9.59 Å². The number of aliphatic hydroxyl groups is 1. The number of unbranched alkanes of at least 4 members (excludes halogenated alkanes) is 1. The van der Waals surface area contributed by atoms with Crippen molar-refractivity contribution >= 4 is 165 Å². The molecule has 32 nitrogen and oxygen atoms in total. The molecule has 3 amide bonds. The molecule has 1 saturated carbocycles. The van der Waals surface area contributed by atoms with Crippen molar-refractivity contribution in [3.8, 4) is 34.9 Å². The summed E-state index contributed by atoms with van der Waals surface area (Å²) in [7, 11) is 20.5. The van der Waals surface area contributed by atoms with Crippen molar-refractivity contribution < 1.29 is 105 Å². The van der Waals surface area contributed by atoms with E-state index in [9.17, 15) is 43.5 Å². The number of aliphatic hydroxyl groups excluding tert-OH is 1. The number of fused-ring (bicyclic) bond motifs is 3. The minimum Gasteiger partial charge on any atom is -0.497 e. The zero-order valence-electron chi connectivity index (χ0n) is 88.1. The molecule has 777 valence electrons. The fourth-order valence-corrected chi connectivity index (χ4v) is 17.5. The van der Waals surface area contributed by atoms with Crippen LogP contribution in [0.15, 0.2) is 67.3 Å². The number of likely N-dealkylation sites (tertiary alicyclic amines) is 3. The molecule has 15 atom stereocenters. The standard InChI is InChI=1S/C37H52ClN3O7.C26H36ClN3O6.C21H28ClN3O4.C17H31NO5.B5.ClH/c1-10-12-13-15-22-18-28(22)46-30(42)20-25(36(3,4)5)34(43)41-21-29(24(14-11-2)31(41)35(44)48-37(6,7)8)47-33-32(38)39-26-17-16-23(45-9)19-27(26)40-33;1-9-10-16-19(34-22-21(27)28-17-12-11-15(33-8)13-18(17)29-22)14-30(24(32)36-26(5,6)7)20(16)23(31)35-25(2,3)4;1-6-7-13-16(11-23-17(13)20(26)29-21(2,3)4)28-19-18(22)24-14-9-8-12(27-5)10-15(14)25-19;1-8-9-11-12(19)10-18(15(21)23-17(5,6)7)13(11)14(20)22-16(2,3)4;1-4-5(2)3;/h10,16-17,19,22,24-25,28-29,31H,1,11-15,18,20-21H2,2-9H3;11-13,16,19-20H,9-10,14H2,1-8H3;8-10,13,16-17,23H,6-7,11H2,1-5H3;11-13,19H,8-10H2,1-7H3;;1H/t22-,24-,25-,28-,29+,31+;16-,19+,20+;13-,16+,17+;11-,12?,13+;;/m1111../s1. The second-order valence-electron chi connectivity index (χ2n) is 43.1. The lowest BCUT2D eigenvalue weighted by molar-refractivity contribution is -0.167. The van der Waals surface area contributed by atoms with E-state index in [0.29, 0.717) is 82.1 Å². The molecule has 2 N–H and O–H groups in total. The molecule has 11 rings (SSSR count). The normalized spacial score (nSPS) is 21.8. The molecular formula is C101H148B5Cl4N10O22. The van der Waals surface area contributed by atoms with Crippen molar-refractivity contribution in [1.82, 2.24) is 49.9 Å². The van der Waals surface area contributed by atoms with Gasteiger partial charge in [-0.25, -0.2) is 53.9 Å². The quantitative estimate of drug-likeness (QED) is 0.0139. The predicted octanol–water partition coefficient (Wildman–Crippen LogP) is 17.8. The first kappa shape index (κ1) is 122. The van der Waals surface area contributed by atoms with Crippen LogP contribution in [0.1, 0.15) is 257 Å². The van der Waals surface area contributed by atoms with Crippen LogP contribution in [0.5, 0.6) is 34.9 Å². The molecule has 6 aromatic rings. The van der Waals surface area contributed by atoms with E-state index in [1.807, 2.05) is 68.4 Å². The molecule has 3 aromatic carbocycles. The highest BCUT2D eigenvalue weighted by molar-refractivity contribution is 7.60. The van der Waals surface area contributed by atoms with Crippen molar-refractivity contribution in [3.63, 3.8) is 0 Å². The Labute approximate surface area is 865 Å². The number of aromatic nitrogens is 6. The summed E-state index contributed by atoms with van der Waals surface area (Å²) in [5.41, 5.74) is -1.18. The first-order valence-corrected chi connectivity index (χ1v) is 49.8. The second kappa shape index (κ2) is 52.9. The number of amides is 3. The molecule has 4 saturated heterocycles. The summed E-state index contributed by atoms with van der Waals surface area (Å²) in [6.45, 7) is 50.7. The summed E-state index contributed by atoms with van der Waals surface area (Å²) in [5, 5.41) is 13.9. The maximum absolute atomic E-state index is 14.6. The lowest BCUT2D eigenvalue weighted by Crippen LogP contribution is -2.50. The number of esters is 5. The summed E-state index contributed by atoms with van der Waals surface area (Å²) in [6, 6.07) is 12.9. The highest BCUT2D eigenvalue weighted by Crippen LogP contribution is 2.45. The number of benzene rings is 3. The first-order valence-electron chi connectivity index (χ1n) is 48.7. The maximum atomic E-state index is 14.6. The second-order valence-corrected chi connectivity index (χ2v) is 44.2. The maximum Gasteiger partial charge on any atom is 0.411 e. The number of ether oxygens (including phenoxy) is 13. The molecule has 1 aliphatic carbocycles. The fourth-order valence-electron chi connectivity index (χ4n) is 16.9. The van der Waals surface area contributed by atoms with Crippen molar-refractivity contribution in [2.45, 2.75) is 345 Å². The van der Waals surface area contributed by atoms with Gasteiger partial charge in [-0.3, -0.25) is 24.2 Å². The van der Waals surface area contributed by atoms with Gasteiger partial charge >= 0.3 is 42.0 Å². The number of halogens is 4. The summed E-state index contributed by atoms with van der Waals surface area (Å²) in [5.74, 6) is -1.67. The van der Waals surface area contributed by atoms with Gasteiger partial charge in [0.15, 0.2) is 15.5 Å². The first-order chi connectivity index (χ1) is 65.6. The van der Waals surface area contributed by atoms with Crippen LogP contribution in [-0.4, -0.2) is 270 Å². The molecule has 41 heteroatoms. The number of allylic oxidation sites excluding steroid dienone is 1. The molecule has 7 radical (unpaired) electrons. The smallest absolute Gasteiger partial charge is 0.411 e. The van der Waals surface area contributed by atoms with E-state index in [1.54, 1.807) is 185 Å². The number of rotatable bonds is 30. The molecule has 5 fully saturated rings. The molecule has 0 bridgehead atoms. The largest absolute Gasteiger partial charge is 0.497 e. The van der Waals surface area contributed by atoms with Crippen LogP contribution in [0.25, 0.3) is 33.1 Å². The summed E-state index contributed by atoms with van der Waals surface area (Å²) in [4.78, 5) is 137. The molecule has 1 unspecified atom stereocenters. The van der Waals surface area contributed by atoms with Gasteiger partial charge in [-0.15, -0.1) is 19.0 Å². The van der Waals surface area contributed by atoms with Gasteiger partial charge in [0.25, 0.3) is 17.6 Å². The molecule has 3 aromatic heterocycles. The molecule has 7 heterocycles. The van der Waals surface area contributed by atoms with Crippen LogP contribution < -0.4 is 33.7 Å². The third-order valence-corrected chi connectivity index (χ3v) is 23.9. The number of nitrogens with zero attached hydrogens (tertiary/aromatic N) is 9. The van der Waals surface area contributed by atoms with E-state index in [4.69, 9.17) is 120 Å². The van der Waals surface area contributed by atoms with Gasteiger partial charge in [0.2, 0.25) is 5.91 Å². The highest BCUT2D eigenvalue weighted by Gasteiger charge is 2.56. The Morgan fingerprint density at radius 3 is 1.17 bits per heavy atom. The Bertz CT molecular complexity index is 5230. The number of β-amino-alcohol motifs (C(OH)–C–C–N with tert-alkyl or cyclic N) is 1. The lowest BCUT2D eigenvalue weighted by Gasteiger charge is -2.35.